The Morgan fingerprint density at radius 2 is 1.89 bits per heavy atom. The van der Waals surface area contributed by atoms with Gasteiger partial charge in [0.1, 0.15) is 18.5 Å². The van der Waals surface area contributed by atoms with Gasteiger partial charge in [-0.2, -0.15) is 0 Å². The zero-order valence-corrected chi connectivity index (χ0v) is 11.8. The van der Waals surface area contributed by atoms with E-state index in [9.17, 15) is 10.2 Å². The summed E-state index contributed by atoms with van der Waals surface area (Å²) < 4.78 is 5.54. The molecule has 4 heteroatoms. The largest absolute Gasteiger partial charge is 0.491 e. The van der Waals surface area contributed by atoms with E-state index in [1.807, 2.05) is 25.1 Å². The molecular formula is C15H25NO3. The molecule has 2 unspecified atom stereocenters. The Morgan fingerprint density at radius 3 is 2.58 bits per heavy atom. The molecule has 1 aromatic rings. The fourth-order valence-electron chi connectivity index (χ4n) is 1.67. The molecule has 0 radical (unpaired) electrons. The highest BCUT2D eigenvalue weighted by molar-refractivity contribution is 5.28. The number of benzene rings is 1. The summed E-state index contributed by atoms with van der Waals surface area (Å²) >= 11 is 0. The van der Waals surface area contributed by atoms with Crippen molar-refractivity contribution < 1.29 is 14.9 Å². The zero-order chi connectivity index (χ0) is 14.1. The molecule has 1 aromatic carbocycles. The van der Waals surface area contributed by atoms with E-state index in [-0.39, 0.29) is 12.7 Å². The first-order valence-corrected chi connectivity index (χ1v) is 6.94. The van der Waals surface area contributed by atoms with Gasteiger partial charge in [-0.1, -0.05) is 26.0 Å². The quantitative estimate of drug-likeness (QED) is 0.632. The predicted octanol–water partition coefficient (Wildman–Crippen LogP) is 1.35. The molecule has 108 valence electrons. The van der Waals surface area contributed by atoms with Crippen molar-refractivity contribution in [3.8, 4) is 5.75 Å². The van der Waals surface area contributed by atoms with E-state index >= 15 is 0 Å². The third kappa shape index (κ3) is 6.57. The lowest BCUT2D eigenvalue weighted by atomic mass is 10.2. The second kappa shape index (κ2) is 8.91. The van der Waals surface area contributed by atoms with E-state index in [1.165, 1.54) is 5.56 Å². The van der Waals surface area contributed by atoms with Gasteiger partial charge in [-0.05, 0) is 30.5 Å². The van der Waals surface area contributed by atoms with Crippen LogP contribution in [0.1, 0.15) is 25.8 Å². The maximum Gasteiger partial charge on any atom is 0.119 e. The number of hydrogen-bond acceptors (Lipinski definition) is 4. The van der Waals surface area contributed by atoms with Crippen molar-refractivity contribution in [1.82, 2.24) is 5.32 Å². The van der Waals surface area contributed by atoms with Crippen LogP contribution in [0.5, 0.6) is 5.75 Å². The lowest BCUT2D eigenvalue weighted by molar-refractivity contribution is 0.0991. The average molecular weight is 267 g/mol. The molecule has 0 bridgehead atoms. The Balaban J connectivity index is 2.23. The summed E-state index contributed by atoms with van der Waals surface area (Å²) in [4.78, 5) is 0. The summed E-state index contributed by atoms with van der Waals surface area (Å²) in [6.07, 6.45) is 0.753. The average Bonchev–Trinajstić information content (AvgIpc) is 2.45. The molecule has 1 rings (SSSR count). The van der Waals surface area contributed by atoms with Gasteiger partial charge < -0.3 is 20.3 Å². The molecule has 0 fully saturated rings. The van der Waals surface area contributed by atoms with Gasteiger partial charge in [0.25, 0.3) is 0 Å². The Morgan fingerprint density at radius 1 is 1.16 bits per heavy atom. The van der Waals surface area contributed by atoms with Gasteiger partial charge in [-0.3, -0.25) is 0 Å². The predicted molar refractivity (Wildman–Crippen MR) is 76.5 cm³/mol. The van der Waals surface area contributed by atoms with Crippen molar-refractivity contribution in [3.63, 3.8) is 0 Å². The van der Waals surface area contributed by atoms with E-state index in [2.05, 4.69) is 18.3 Å². The van der Waals surface area contributed by atoms with E-state index in [1.54, 1.807) is 0 Å². The van der Waals surface area contributed by atoms with E-state index in [0.29, 0.717) is 19.5 Å². The number of aryl methyl sites for hydroxylation is 1. The second-order valence-corrected chi connectivity index (χ2v) is 4.69. The molecule has 2 atom stereocenters. The van der Waals surface area contributed by atoms with Crippen LogP contribution < -0.4 is 10.1 Å². The van der Waals surface area contributed by atoms with E-state index < -0.39 is 6.10 Å². The number of aliphatic hydroxyl groups is 2. The monoisotopic (exact) mass is 267 g/mol. The summed E-state index contributed by atoms with van der Waals surface area (Å²) in [7, 11) is 0. The Bertz CT molecular complexity index is 357. The molecule has 0 amide bonds. The molecule has 0 aliphatic rings. The molecule has 19 heavy (non-hydrogen) atoms. The van der Waals surface area contributed by atoms with Gasteiger partial charge in [0.05, 0.1) is 6.10 Å². The summed E-state index contributed by atoms with van der Waals surface area (Å²) in [5, 5.41) is 22.1. The molecule has 3 N–H and O–H groups in total. The number of rotatable bonds is 9. The van der Waals surface area contributed by atoms with E-state index in [4.69, 9.17) is 4.74 Å². The first-order chi connectivity index (χ1) is 9.15. The molecule has 0 aliphatic heterocycles. The van der Waals surface area contributed by atoms with Crippen LogP contribution in [0.25, 0.3) is 0 Å². The summed E-state index contributed by atoms with van der Waals surface area (Å²) in [6, 6.07) is 7.88. The molecule has 0 aliphatic carbocycles. The fourth-order valence-corrected chi connectivity index (χ4v) is 1.67. The van der Waals surface area contributed by atoms with Crippen LogP contribution >= 0.6 is 0 Å². The minimum Gasteiger partial charge on any atom is -0.491 e. The van der Waals surface area contributed by atoms with Gasteiger partial charge >= 0.3 is 0 Å². The van der Waals surface area contributed by atoms with E-state index in [0.717, 1.165) is 12.2 Å². The Hall–Kier alpha value is -1.10. The Kier molecular flexibility index (Phi) is 7.48. The van der Waals surface area contributed by atoms with Gasteiger partial charge in [-0.25, -0.2) is 0 Å². The Labute approximate surface area is 115 Å². The van der Waals surface area contributed by atoms with Gasteiger partial charge in [0.15, 0.2) is 0 Å². The number of hydrogen-bond donors (Lipinski definition) is 3. The van der Waals surface area contributed by atoms with Gasteiger partial charge in [0.2, 0.25) is 0 Å². The minimum absolute atomic E-state index is 0.252. The molecule has 0 aromatic heterocycles. The maximum absolute atomic E-state index is 9.75. The normalized spacial score (nSPS) is 14.1. The van der Waals surface area contributed by atoms with Crippen LogP contribution in [0.4, 0.5) is 0 Å². The van der Waals surface area contributed by atoms with Gasteiger partial charge in [0, 0.05) is 13.1 Å². The minimum atomic E-state index is -0.575. The van der Waals surface area contributed by atoms with Crippen LogP contribution in [0, 0.1) is 0 Å². The molecule has 0 saturated carbocycles. The lowest BCUT2D eigenvalue weighted by Crippen LogP contribution is -2.35. The molecule has 0 saturated heterocycles. The second-order valence-electron chi connectivity index (χ2n) is 4.69. The molecule has 0 heterocycles. The first kappa shape index (κ1) is 16.0. The van der Waals surface area contributed by atoms with Crippen molar-refractivity contribution in [1.29, 1.82) is 0 Å². The molecular weight excluding hydrogens is 242 g/mol. The number of ether oxygens (including phenoxy) is 1. The molecule has 4 nitrogen and oxygen atoms in total. The van der Waals surface area contributed by atoms with Crippen LogP contribution in [0.15, 0.2) is 24.3 Å². The third-order valence-corrected chi connectivity index (χ3v) is 2.98. The van der Waals surface area contributed by atoms with Crippen molar-refractivity contribution in [2.24, 2.45) is 0 Å². The summed E-state index contributed by atoms with van der Waals surface area (Å²) in [6.45, 7) is 5.19. The van der Waals surface area contributed by atoms with Crippen molar-refractivity contribution >= 4 is 0 Å². The maximum atomic E-state index is 9.75. The highest BCUT2D eigenvalue weighted by Gasteiger charge is 2.06. The van der Waals surface area contributed by atoms with Crippen molar-refractivity contribution in [2.75, 3.05) is 19.7 Å². The standard InChI is InChI=1S/C15H25NO3/c1-3-12-6-5-7-15(8-12)19-11-14(18)10-16-9-13(17)4-2/h5-8,13-14,16-18H,3-4,9-11H2,1-2H3. The van der Waals surface area contributed by atoms with Gasteiger partial charge in [-0.15, -0.1) is 0 Å². The number of aliphatic hydroxyl groups excluding tert-OH is 2. The molecule has 0 spiro atoms. The van der Waals surface area contributed by atoms with Crippen LogP contribution in [0.2, 0.25) is 0 Å². The third-order valence-electron chi connectivity index (χ3n) is 2.98. The number of nitrogens with one attached hydrogen (secondary N) is 1. The van der Waals surface area contributed by atoms with Crippen LogP contribution in [0.3, 0.4) is 0 Å². The van der Waals surface area contributed by atoms with Crippen LogP contribution in [-0.4, -0.2) is 42.1 Å². The summed E-state index contributed by atoms with van der Waals surface area (Å²) in [5.41, 5.74) is 1.22. The lowest BCUT2D eigenvalue weighted by Gasteiger charge is -2.15. The van der Waals surface area contributed by atoms with Crippen LogP contribution in [-0.2, 0) is 6.42 Å². The topological polar surface area (TPSA) is 61.7 Å². The highest BCUT2D eigenvalue weighted by atomic mass is 16.5. The zero-order valence-electron chi connectivity index (χ0n) is 11.8. The summed E-state index contributed by atoms with van der Waals surface area (Å²) in [5.74, 6) is 0.784. The SMILES string of the molecule is CCc1cccc(OCC(O)CNCC(O)CC)c1. The highest BCUT2D eigenvalue weighted by Crippen LogP contribution is 2.13. The van der Waals surface area contributed by atoms with Crippen molar-refractivity contribution in [2.45, 2.75) is 38.9 Å². The smallest absolute Gasteiger partial charge is 0.119 e. The first-order valence-electron chi connectivity index (χ1n) is 6.94. The fraction of sp³-hybridized carbons (Fsp3) is 0.600. The van der Waals surface area contributed by atoms with Crippen molar-refractivity contribution in [3.05, 3.63) is 29.8 Å².